The maximum absolute atomic E-state index is 10.9. The van der Waals surface area contributed by atoms with Gasteiger partial charge in [-0.2, -0.15) is 0 Å². The van der Waals surface area contributed by atoms with Crippen molar-refractivity contribution in [3.05, 3.63) is 75.8 Å². The average Bonchev–Trinajstić information content (AvgIpc) is 2.82. The molecule has 1 saturated heterocycles. The number of benzene rings is 2. The minimum atomic E-state index is -0.385. The lowest BCUT2D eigenvalue weighted by molar-refractivity contribution is -0.384. The number of nitro groups is 1. The second-order valence-corrected chi connectivity index (χ2v) is 7.97. The standard InChI is InChI=1S/C24H33N5O3.HI/c1-25-24(27-18-21-9-5-10-22(17-21)29(30)31)26-13-6-16-32-23-11-14-28(15-12-23)19-20-7-3-2-4-8-20;/h2-5,7-10,17,23H,6,11-16,18-19H2,1H3,(H2,25,26,27);1H. The predicted molar refractivity (Wildman–Crippen MR) is 142 cm³/mol. The molecule has 0 radical (unpaired) electrons. The molecule has 9 heteroatoms. The maximum atomic E-state index is 10.9. The molecule has 180 valence electrons. The zero-order valence-corrected chi connectivity index (χ0v) is 21.4. The van der Waals surface area contributed by atoms with Crippen LogP contribution in [0.5, 0.6) is 0 Å². The molecule has 0 amide bonds. The van der Waals surface area contributed by atoms with E-state index in [9.17, 15) is 10.1 Å². The lowest BCUT2D eigenvalue weighted by atomic mass is 10.1. The summed E-state index contributed by atoms with van der Waals surface area (Å²) >= 11 is 0. The molecule has 3 rings (SSSR count). The lowest BCUT2D eigenvalue weighted by Crippen LogP contribution is -2.38. The number of piperidine rings is 1. The van der Waals surface area contributed by atoms with Crippen molar-refractivity contribution in [2.75, 3.05) is 33.3 Å². The number of aliphatic imine (C=N–C) groups is 1. The Kier molecular flexibility index (Phi) is 12.1. The highest BCUT2D eigenvalue weighted by molar-refractivity contribution is 14.0. The van der Waals surface area contributed by atoms with Crippen LogP contribution in [0.15, 0.2) is 59.6 Å². The van der Waals surface area contributed by atoms with Crippen LogP contribution >= 0.6 is 24.0 Å². The second kappa shape index (κ2) is 14.8. The zero-order valence-electron chi connectivity index (χ0n) is 19.1. The van der Waals surface area contributed by atoms with Gasteiger partial charge in [-0.3, -0.25) is 20.0 Å². The Labute approximate surface area is 213 Å². The van der Waals surface area contributed by atoms with E-state index < -0.39 is 0 Å². The minimum absolute atomic E-state index is 0. The summed E-state index contributed by atoms with van der Waals surface area (Å²) in [5.74, 6) is 0.672. The minimum Gasteiger partial charge on any atom is -0.378 e. The Morgan fingerprint density at radius 2 is 1.85 bits per heavy atom. The average molecular weight is 567 g/mol. The topological polar surface area (TPSA) is 92.0 Å². The molecule has 0 spiro atoms. The number of nitrogens with zero attached hydrogens (tertiary/aromatic N) is 3. The molecule has 1 heterocycles. The first-order valence-corrected chi connectivity index (χ1v) is 11.2. The van der Waals surface area contributed by atoms with Gasteiger partial charge >= 0.3 is 0 Å². The molecule has 0 bridgehead atoms. The van der Waals surface area contributed by atoms with Gasteiger partial charge in [-0.05, 0) is 30.4 Å². The van der Waals surface area contributed by atoms with Gasteiger partial charge in [-0.25, -0.2) is 0 Å². The molecule has 1 fully saturated rings. The molecular formula is C24H34IN5O3. The van der Waals surface area contributed by atoms with Gasteiger partial charge in [0, 0.05) is 58.5 Å². The van der Waals surface area contributed by atoms with E-state index in [1.165, 1.54) is 11.6 Å². The Bertz CT molecular complexity index is 873. The van der Waals surface area contributed by atoms with Crippen molar-refractivity contribution < 1.29 is 9.66 Å². The third-order valence-corrected chi connectivity index (χ3v) is 5.56. The Morgan fingerprint density at radius 3 is 2.55 bits per heavy atom. The van der Waals surface area contributed by atoms with Gasteiger partial charge in [0.2, 0.25) is 0 Å². The first-order chi connectivity index (χ1) is 15.6. The number of ether oxygens (including phenoxy) is 1. The first kappa shape index (κ1) is 27.0. The van der Waals surface area contributed by atoms with Gasteiger partial charge in [0.15, 0.2) is 5.96 Å². The van der Waals surface area contributed by atoms with Crippen LogP contribution in [0.1, 0.15) is 30.4 Å². The van der Waals surface area contributed by atoms with Crippen LogP contribution in [0.25, 0.3) is 0 Å². The van der Waals surface area contributed by atoms with E-state index >= 15 is 0 Å². The van der Waals surface area contributed by atoms with Crippen LogP contribution in [0, 0.1) is 10.1 Å². The highest BCUT2D eigenvalue weighted by Gasteiger charge is 2.19. The number of non-ortho nitro benzene ring substituents is 1. The number of hydrogen-bond donors (Lipinski definition) is 2. The molecule has 33 heavy (non-hydrogen) atoms. The van der Waals surface area contributed by atoms with Crippen molar-refractivity contribution in [2.24, 2.45) is 4.99 Å². The quantitative estimate of drug-likeness (QED) is 0.113. The molecule has 1 aliphatic heterocycles. The Hall–Kier alpha value is -2.24. The van der Waals surface area contributed by atoms with E-state index in [0.29, 0.717) is 18.6 Å². The van der Waals surface area contributed by atoms with Crippen LogP contribution in [0.3, 0.4) is 0 Å². The summed E-state index contributed by atoms with van der Waals surface area (Å²) in [4.78, 5) is 17.2. The van der Waals surface area contributed by atoms with Gasteiger partial charge < -0.3 is 15.4 Å². The molecule has 2 aromatic carbocycles. The summed E-state index contributed by atoms with van der Waals surface area (Å²) in [5, 5.41) is 17.3. The SMILES string of the molecule is CN=C(NCCCOC1CCN(Cc2ccccc2)CC1)NCc1cccc([N+](=O)[O-])c1.I. The molecule has 8 nitrogen and oxygen atoms in total. The summed E-state index contributed by atoms with van der Waals surface area (Å²) in [6, 6.07) is 17.2. The summed E-state index contributed by atoms with van der Waals surface area (Å²) in [6.45, 7) is 5.11. The van der Waals surface area contributed by atoms with Crippen molar-refractivity contribution in [1.29, 1.82) is 0 Å². The van der Waals surface area contributed by atoms with Crippen LogP contribution in [0.2, 0.25) is 0 Å². The maximum Gasteiger partial charge on any atom is 0.269 e. The number of hydrogen-bond acceptors (Lipinski definition) is 5. The van der Waals surface area contributed by atoms with Gasteiger partial charge in [0.1, 0.15) is 0 Å². The molecule has 2 N–H and O–H groups in total. The number of likely N-dealkylation sites (tertiary alicyclic amines) is 1. The number of nitro benzene ring substituents is 1. The summed E-state index contributed by atoms with van der Waals surface area (Å²) in [7, 11) is 1.71. The van der Waals surface area contributed by atoms with E-state index in [0.717, 1.165) is 57.6 Å². The summed E-state index contributed by atoms with van der Waals surface area (Å²) in [6.07, 6.45) is 3.38. The van der Waals surface area contributed by atoms with E-state index in [1.807, 2.05) is 6.07 Å². The Morgan fingerprint density at radius 1 is 1.12 bits per heavy atom. The number of rotatable bonds is 10. The highest BCUT2D eigenvalue weighted by atomic mass is 127. The number of nitrogens with one attached hydrogen (secondary N) is 2. The smallest absolute Gasteiger partial charge is 0.269 e. The third kappa shape index (κ3) is 9.65. The fourth-order valence-corrected chi connectivity index (χ4v) is 3.79. The van der Waals surface area contributed by atoms with Crippen molar-refractivity contribution in [2.45, 2.75) is 38.5 Å². The van der Waals surface area contributed by atoms with Gasteiger partial charge in [0.05, 0.1) is 11.0 Å². The zero-order chi connectivity index (χ0) is 22.6. The van der Waals surface area contributed by atoms with Crippen LogP contribution in [0.4, 0.5) is 5.69 Å². The number of guanidine groups is 1. The molecule has 1 aliphatic rings. The van der Waals surface area contributed by atoms with Crippen LogP contribution in [-0.4, -0.2) is 55.2 Å². The highest BCUT2D eigenvalue weighted by Crippen LogP contribution is 2.16. The molecule has 0 unspecified atom stereocenters. The van der Waals surface area contributed by atoms with Crippen LogP contribution < -0.4 is 10.6 Å². The molecule has 0 saturated carbocycles. The monoisotopic (exact) mass is 567 g/mol. The van der Waals surface area contributed by atoms with Crippen LogP contribution in [-0.2, 0) is 17.8 Å². The van der Waals surface area contributed by atoms with Crippen molar-refractivity contribution in [1.82, 2.24) is 15.5 Å². The summed E-state index contributed by atoms with van der Waals surface area (Å²) < 4.78 is 6.07. The van der Waals surface area contributed by atoms with E-state index in [-0.39, 0.29) is 34.6 Å². The molecule has 0 aromatic heterocycles. The largest absolute Gasteiger partial charge is 0.378 e. The van der Waals surface area contributed by atoms with Crippen molar-refractivity contribution in [3.8, 4) is 0 Å². The first-order valence-electron chi connectivity index (χ1n) is 11.2. The van der Waals surface area contributed by atoms with Crippen molar-refractivity contribution in [3.63, 3.8) is 0 Å². The van der Waals surface area contributed by atoms with Gasteiger partial charge in [-0.1, -0.05) is 42.5 Å². The van der Waals surface area contributed by atoms with E-state index in [4.69, 9.17) is 4.74 Å². The Balaban J connectivity index is 0.00000385. The van der Waals surface area contributed by atoms with Crippen molar-refractivity contribution >= 4 is 35.6 Å². The number of halogens is 1. The summed E-state index contributed by atoms with van der Waals surface area (Å²) in [5.41, 5.74) is 2.30. The molecule has 0 aliphatic carbocycles. The normalized spacial score (nSPS) is 15.0. The van der Waals surface area contributed by atoms with Gasteiger partial charge in [-0.15, -0.1) is 24.0 Å². The third-order valence-electron chi connectivity index (χ3n) is 5.56. The molecule has 0 atom stereocenters. The second-order valence-electron chi connectivity index (χ2n) is 7.97. The van der Waals surface area contributed by atoms with E-state index in [2.05, 4.69) is 50.9 Å². The molecule has 2 aromatic rings. The molecular weight excluding hydrogens is 533 g/mol. The fourth-order valence-electron chi connectivity index (χ4n) is 3.79. The predicted octanol–water partition coefficient (Wildman–Crippen LogP) is 3.95. The lowest BCUT2D eigenvalue weighted by Gasteiger charge is -2.32. The van der Waals surface area contributed by atoms with Gasteiger partial charge in [0.25, 0.3) is 5.69 Å². The van der Waals surface area contributed by atoms with E-state index in [1.54, 1.807) is 19.2 Å². The fraction of sp³-hybridized carbons (Fsp3) is 0.458.